The lowest BCUT2D eigenvalue weighted by atomic mass is 10.1. The van der Waals surface area contributed by atoms with E-state index in [1.54, 1.807) is 13.8 Å². The van der Waals surface area contributed by atoms with Gasteiger partial charge in [0.15, 0.2) is 16.9 Å². The van der Waals surface area contributed by atoms with Gasteiger partial charge in [-0.15, -0.1) is 0 Å². The number of hydrogen-bond acceptors (Lipinski definition) is 8. The van der Waals surface area contributed by atoms with Crippen molar-refractivity contribution in [1.82, 2.24) is 5.16 Å². The smallest absolute Gasteiger partial charge is 0.200 e. The predicted molar refractivity (Wildman–Crippen MR) is 115 cm³/mol. The van der Waals surface area contributed by atoms with Crippen molar-refractivity contribution in [2.24, 2.45) is 5.16 Å². The summed E-state index contributed by atoms with van der Waals surface area (Å²) in [5, 5.41) is 11.1. The minimum absolute atomic E-state index is 0.0218. The van der Waals surface area contributed by atoms with Gasteiger partial charge in [-0.25, -0.2) is 12.8 Å². The molecule has 2 aliphatic heterocycles. The van der Waals surface area contributed by atoms with E-state index in [1.165, 1.54) is 25.0 Å². The highest BCUT2D eigenvalue weighted by Gasteiger charge is 2.39. The third kappa shape index (κ3) is 5.01. The molecule has 0 spiro atoms. The maximum atomic E-state index is 14.5. The van der Waals surface area contributed by atoms with E-state index in [0.717, 1.165) is 19.3 Å². The highest BCUT2D eigenvalue weighted by Crippen LogP contribution is 2.33. The van der Waals surface area contributed by atoms with Crippen molar-refractivity contribution < 1.29 is 26.9 Å². The first kappa shape index (κ1) is 22.0. The summed E-state index contributed by atoms with van der Waals surface area (Å²) >= 11 is 0. The van der Waals surface area contributed by atoms with Gasteiger partial charge in [-0.05, 0) is 26.3 Å². The summed E-state index contributed by atoms with van der Waals surface area (Å²) in [5.41, 5.74) is -0.0336. The fraction of sp³-hybridized carbons (Fsp3) is 0.619. The second-order valence-electron chi connectivity index (χ2n) is 8.82. The Kier molecular flexibility index (Phi) is 5.95. The van der Waals surface area contributed by atoms with Crippen LogP contribution in [0.2, 0.25) is 0 Å². The molecule has 1 aromatic heterocycles. The Bertz CT molecular complexity index is 1100. The minimum Gasteiger partial charge on any atom is -0.389 e. The summed E-state index contributed by atoms with van der Waals surface area (Å²) in [7, 11) is -3.74. The number of epoxide rings is 1. The number of nitrogens with one attached hydrogen (secondary N) is 1. The fourth-order valence-electron chi connectivity index (χ4n) is 3.67. The number of aromatic nitrogens is 1. The van der Waals surface area contributed by atoms with Crippen molar-refractivity contribution in [2.75, 3.05) is 5.32 Å². The number of sulfone groups is 1. The summed E-state index contributed by atoms with van der Waals surface area (Å²) < 4.78 is 50.8. The van der Waals surface area contributed by atoms with E-state index < -0.39 is 27.0 Å². The maximum absolute atomic E-state index is 14.5. The van der Waals surface area contributed by atoms with Gasteiger partial charge >= 0.3 is 0 Å². The minimum atomic E-state index is -3.74. The van der Waals surface area contributed by atoms with Gasteiger partial charge in [0, 0.05) is 17.9 Å². The van der Waals surface area contributed by atoms with Crippen molar-refractivity contribution >= 4 is 31.5 Å². The molecule has 1 N–H and O–H groups in total. The molecule has 31 heavy (non-hydrogen) atoms. The molecule has 2 aromatic rings. The SMILES string of the molecule is CCCCCCC1OC1Nc1cc2c(CS(=O)(=O)C3=NOC(C)(C)C3)noc2cc1F. The van der Waals surface area contributed by atoms with Gasteiger partial charge in [0.2, 0.25) is 9.84 Å². The van der Waals surface area contributed by atoms with Gasteiger partial charge in [-0.2, -0.15) is 0 Å². The zero-order valence-electron chi connectivity index (χ0n) is 18.0. The summed E-state index contributed by atoms with van der Waals surface area (Å²) in [6.45, 7) is 5.70. The highest BCUT2D eigenvalue weighted by molar-refractivity contribution is 8.05. The summed E-state index contributed by atoms with van der Waals surface area (Å²) in [5.74, 6) is -0.905. The van der Waals surface area contributed by atoms with Crippen LogP contribution in [-0.4, -0.2) is 36.6 Å². The lowest BCUT2D eigenvalue weighted by Gasteiger charge is -2.13. The molecule has 170 valence electrons. The Hall–Kier alpha value is -2.20. The fourth-order valence-corrected chi connectivity index (χ4v) is 5.13. The number of rotatable bonds is 9. The Balaban J connectivity index is 1.46. The van der Waals surface area contributed by atoms with Gasteiger partial charge in [-0.3, -0.25) is 0 Å². The molecule has 0 amide bonds. The lowest BCUT2D eigenvalue weighted by Crippen LogP contribution is -2.23. The van der Waals surface area contributed by atoms with Crippen LogP contribution in [0.1, 0.15) is 65.0 Å². The van der Waals surface area contributed by atoms with E-state index in [4.69, 9.17) is 14.1 Å². The Morgan fingerprint density at radius 3 is 2.77 bits per heavy atom. The quantitative estimate of drug-likeness (QED) is 0.440. The molecule has 2 atom stereocenters. The number of halogens is 1. The molecule has 1 fully saturated rings. The van der Waals surface area contributed by atoms with Gasteiger partial charge in [0.1, 0.15) is 29.0 Å². The van der Waals surface area contributed by atoms with Crippen molar-refractivity contribution in [2.45, 2.75) is 83.0 Å². The van der Waals surface area contributed by atoms with Crippen molar-refractivity contribution in [3.63, 3.8) is 0 Å². The lowest BCUT2D eigenvalue weighted by molar-refractivity contribution is 0.0123. The molecule has 4 rings (SSSR count). The van der Waals surface area contributed by atoms with E-state index in [0.29, 0.717) is 5.39 Å². The molecule has 8 nitrogen and oxygen atoms in total. The zero-order chi connectivity index (χ0) is 22.2. The Morgan fingerprint density at radius 1 is 1.26 bits per heavy atom. The average molecular weight is 454 g/mol. The van der Waals surface area contributed by atoms with Crippen molar-refractivity contribution in [1.29, 1.82) is 0 Å². The van der Waals surface area contributed by atoms with E-state index in [-0.39, 0.29) is 40.8 Å². The first-order valence-corrected chi connectivity index (χ1v) is 12.3. The molecule has 2 unspecified atom stereocenters. The number of ether oxygens (including phenoxy) is 1. The third-order valence-electron chi connectivity index (χ3n) is 5.51. The van der Waals surface area contributed by atoms with Crippen LogP contribution in [0.3, 0.4) is 0 Å². The van der Waals surface area contributed by atoms with E-state index in [9.17, 15) is 12.8 Å². The van der Waals surface area contributed by atoms with Crippen LogP contribution in [0.25, 0.3) is 11.0 Å². The Morgan fingerprint density at radius 2 is 2.06 bits per heavy atom. The average Bonchev–Trinajstić information content (AvgIpc) is 3.16. The van der Waals surface area contributed by atoms with Crippen molar-refractivity contribution in [3.8, 4) is 0 Å². The summed E-state index contributed by atoms with van der Waals surface area (Å²) in [6, 6.07) is 2.73. The van der Waals surface area contributed by atoms with E-state index >= 15 is 0 Å². The highest BCUT2D eigenvalue weighted by atomic mass is 32.2. The zero-order valence-corrected chi connectivity index (χ0v) is 18.8. The van der Waals surface area contributed by atoms with Crippen LogP contribution < -0.4 is 5.32 Å². The normalized spacial score (nSPS) is 22.4. The van der Waals surface area contributed by atoms with Crippen molar-refractivity contribution in [3.05, 3.63) is 23.6 Å². The van der Waals surface area contributed by atoms with Gasteiger partial charge in [0.05, 0.1) is 5.69 Å². The molecule has 0 bridgehead atoms. The number of oxime groups is 1. The topological polar surface area (TPSA) is 106 Å². The number of unbranched alkanes of at least 4 members (excludes halogenated alkanes) is 3. The number of benzene rings is 1. The second kappa shape index (κ2) is 8.38. The van der Waals surface area contributed by atoms with Crippen LogP contribution >= 0.6 is 0 Å². The van der Waals surface area contributed by atoms with Crippen LogP contribution in [0, 0.1) is 5.82 Å². The van der Waals surface area contributed by atoms with Crippen LogP contribution in [0.5, 0.6) is 0 Å². The van der Waals surface area contributed by atoms with Crippen LogP contribution in [-0.2, 0) is 25.2 Å². The van der Waals surface area contributed by atoms with E-state index in [2.05, 4.69) is 22.6 Å². The first-order chi connectivity index (χ1) is 14.7. The van der Waals surface area contributed by atoms with E-state index in [1.807, 2.05) is 0 Å². The van der Waals surface area contributed by atoms with Gasteiger partial charge in [-0.1, -0.05) is 42.9 Å². The Labute approximate surface area is 181 Å². The van der Waals surface area contributed by atoms with Gasteiger partial charge < -0.3 is 19.4 Å². The first-order valence-electron chi connectivity index (χ1n) is 10.7. The standard InChI is InChI=1S/C21H28FN3O5S/c1-4-5-6-7-8-17-20(28-17)23-15-9-13-16(24-29-18(13)10-14(15)22)12-31(26,27)19-11-21(2,3)30-25-19/h9-10,17,20,23H,4-8,11-12H2,1-3H3. The molecule has 0 aliphatic carbocycles. The monoisotopic (exact) mass is 453 g/mol. The number of anilines is 1. The molecule has 1 saturated heterocycles. The summed E-state index contributed by atoms with van der Waals surface area (Å²) in [6.07, 6.45) is 5.56. The van der Waals surface area contributed by atoms with Crippen LogP contribution in [0.15, 0.2) is 21.8 Å². The second-order valence-corrected chi connectivity index (χ2v) is 10.8. The number of fused-ring (bicyclic) bond motifs is 1. The molecule has 0 saturated carbocycles. The van der Waals surface area contributed by atoms with Gasteiger partial charge in [0.25, 0.3) is 0 Å². The third-order valence-corrected chi connectivity index (χ3v) is 7.10. The molecule has 10 heteroatoms. The molecular weight excluding hydrogens is 425 g/mol. The number of hydrogen-bond donors (Lipinski definition) is 1. The largest absolute Gasteiger partial charge is 0.389 e. The maximum Gasteiger partial charge on any atom is 0.200 e. The molecule has 0 radical (unpaired) electrons. The predicted octanol–water partition coefficient (Wildman–Crippen LogP) is 4.50. The molecule has 2 aliphatic rings. The van der Waals surface area contributed by atoms with Crippen LogP contribution in [0.4, 0.5) is 10.1 Å². The molecule has 3 heterocycles. The summed E-state index contributed by atoms with van der Waals surface area (Å²) in [4.78, 5) is 5.17. The number of nitrogens with zero attached hydrogens (tertiary/aromatic N) is 2. The molecular formula is C21H28FN3O5S. The molecule has 1 aromatic carbocycles.